The molecule has 6 rings (SSSR count). The summed E-state index contributed by atoms with van der Waals surface area (Å²) in [6, 6.07) is 7.54. The summed E-state index contributed by atoms with van der Waals surface area (Å²) in [4.78, 5) is 61.9. The maximum Gasteiger partial charge on any atom is 0.414 e. The first-order chi connectivity index (χ1) is 26.7. The van der Waals surface area contributed by atoms with Crippen LogP contribution in [-0.2, 0) is 9.47 Å². The molecule has 2 aliphatic rings. The number of aromatic nitrogens is 1. The van der Waals surface area contributed by atoms with E-state index in [-0.39, 0.29) is 56.7 Å². The lowest BCUT2D eigenvalue weighted by Gasteiger charge is -2.43. The first-order valence-electron chi connectivity index (χ1n) is 18.1. The number of amides is 2. The van der Waals surface area contributed by atoms with Crippen LogP contribution in [-0.4, -0.2) is 90.4 Å². The molecule has 1 spiro atoms. The number of nitro groups is 1. The molecule has 3 heterocycles. The summed E-state index contributed by atoms with van der Waals surface area (Å²) in [5.41, 5.74) is -1.91. The van der Waals surface area contributed by atoms with Gasteiger partial charge in [0, 0.05) is 49.8 Å². The molecule has 1 atom stereocenters. The van der Waals surface area contributed by atoms with Crippen LogP contribution in [0, 0.1) is 15.9 Å². The highest BCUT2D eigenvalue weighted by Crippen LogP contribution is 2.46. The summed E-state index contributed by atoms with van der Waals surface area (Å²) in [5.74, 6) is -2.32. The highest BCUT2D eigenvalue weighted by molar-refractivity contribution is 7.28. The van der Waals surface area contributed by atoms with Crippen molar-refractivity contribution in [2.75, 3.05) is 56.0 Å². The van der Waals surface area contributed by atoms with Gasteiger partial charge < -0.3 is 33.6 Å². The highest BCUT2D eigenvalue weighted by Gasteiger charge is 2.54. The SMILES string of the molecule is COc1cc(OC)c(P)c(C(=O)c2oc3cnc(Nc4ccc(N5CCN(C(=O)OC(C)(C)C)C6(CC6)C5)cc4[N+](=O)[O-])cc3c2N(C)C(=O)OC(C)(C)C)c1F. The van der Waals surface area contributed by atoms with Gasteiger partial charge in [-0.25, -0.2) is 19.0 Å². The van der Waals surface area contributed by atoms with Crippen LogP contribution in [0.2, 0.25) is 0 Å². The summed E-state index contributed by atoms with van der Waals surface area (Å²) in [7, 11) is 6.25. The molecule has 1 unspecified atom stereocenters. The van der Waals surface area contributed by atoms with Gasteiger partial charge in [0.1, 0.15) is 34.1 Å². The summed E-state index contributed by atoms with van der Waals surface area (Å²) in [6.07, 6.45) is 1.67. The molecule has 0 bridgehead atoms. The van der Waals surface area contributed by atoms with Crippen molar-refractivity contribution in [3.63, 3.8) is 0 Å². The molecule has 16 nitrogen and oxygen atoms in total. The second kappa shape index (κ2) is 15.0. The van der Waals surface area contributed by atoms with Gasteiger partial charge in [-0.15, -0.1) is 9.24 Å². The van der Waals surface area contributed by atoms with Crippen molar-refractivity contribution >= 4 is 72.1 Å². The Balaban J connectivity index is 1.36. The Bertz CT molecular complexity index is 2250. The lowest BCUT2D eigenvalue weighted by atomic mass is 10.0. The summed E-state index contributed by atoms with van der Waals surface area (Å²) >= 11 is 0. The van der Waals surface area contributed by atoms with E-state index in [1.54, 1.807) is 37.8 Å². The zero-order chi connectivity index (χ0) is 41.8. The van der Waals surface area contributed by atoms with Crippen LogP contribution in [0.4, 0.5) is 42.5 Å². The molecule has 1 aliphatic heterocycles. The summed E-state index contributed by atoms with van der Waals surface area (Å²) in [6.45, 7) is 11.8. The minimum atomic E-state index is -0.979. The van der Waals surface area contributed by atoms with Crippen LogP contribution >= 0.6 is 9.24 Å². The Morgan fingerprint density at radius 3 is 2.28 bits per heavy atom. The van der Waals surface area contributed by atoms with E-state index in [9.17, 15) is 24.5 Å². The number of piperazine rings is 1. The van der Waals surface area contributed by atoms with Gasteiger partial charge in [-0.05, 0) is 72.6 Å². The predicted molar refractivity (Wildman–Crippen MR) is 214 cm³/mol. The van der Waals surface area contributed by atoms with Crippen LogP contribution in [0.5, 0.6) is 11.5 Å². The molecule has 1 aliphatic carbocycles. The maximum absolute atomic E-state index is 15.8. The number of ether oxygens (including phenoxy) is 4. The first-order valence-corrected chi connectivity index (χ1v) is 18.7. The van der Waals surface area contributed by atoms with Gasteiger partial charge in [0.05, 0.1) is 41.8 Å². The normalized spacial score (nSPS) is 15.0. The molecule has 1 N–H and O–H groups in total. The van der Waals surface area contributed by atoms with Crippen molar-refractivity contribution in [1.29, 1.82) is 0 Å². The van der Waals surface area contributed by atoms with Crippen LogP contribution < -0.4 is 29.9 Å². The fourth-order valence-corrected chi connectivity index (χ4v) is 7.19. The van der Waals surface area contributed by atoms with E-state index in [4.69, 9.17) is 23.4 Å². The van der Waals surface area contributed by atoms with E-state index in [1.165, 1.54) is 45.7 Å². The molecule has 18 heteroatoms. The Morgan fingerprint density at radius 2 is 1.68 bits per heavy atom. The number of carbonyl (C=O) groups is 3. The second-order valence-corrected chi connectivity index (χ2v) is 16.5. The summed E-state index contributed by atoms with van der Waals surface area (Å²) < 4.78 is 43.5. The average Bonchev–Trinajstić information content (AvgIpc) is 3.77. The molecule has 2 amide bonds. The molecule has 1 saturated heterocycles. The number of methoxy groups -OCH3 is 2. The van der Waals surface area contributed by atoms with E-state index >= 15 is 4.39 Å². The van der Waals surface area contributed by atoms with Crippen molar-refractivity contribution in [3.05, 3.63) is 63.8 Å². The maximum atomic E-state index is 15.8. The molecule has 304 valence electrons. The molecule has 1 saturated carbocycles. The van der Waals surface area contributed by atoms with Crippen molar-refractivity contribution in [1.82, 2.24) is 9.88 Å². The standard InChI is InChI=1S/C39H46FN6O10P/c1-37(2,3)55-35(48)43(7)31-22-17-28(41-19-27(22)54-33(31)32(47)29-30(40)25(52-8)18-26(53-9)34(29)57)42-23-11-10-21(16-24(23)46(50)51)44-14-15-45(39(20-44)12-13-39)36(49)56-38(4,5)6/h10-11,16-19H,12-15,20,57H2,1-9H3,(H,41,42). The van der Waals surface area contributed by atoms with Crippen molar-refractivity contribution < 1.29 is 47.1 Å². The van der Waals surface area contributed by atoms with E-state index < -0.39 is 50.7 Å². The highest BCUT2D eigenvalue weighted by atomic mass is 31.0. The van der Waals surface area contributed by atoms with Crippen molar-refractivity contribution in [2.24, 2.45) is 0 Å². The van der Waals surface area contributed by atoms with Gasteiger partial charge in [-0.3, -0.25) is 24.7 Å². The number of nitrogens with one attached hydrogen (secondary N) is 1. The number of nitrogens with zero attached hydrogens (tertiary/aromatic N) is 5. The van der Waals surface area contributed by atoms with Gasteiger partial charge in [-0.1, -0.05) is 0 Å². The third-order valence-corrected chi connectivity index (χ3v) is 10.1. The monoisotopic (exact) mass is 808 g/mol. The number of hydrogen-bond donors (Lipinski definition) is 1. The third kappa shape index (κ3) is 8.24. The lowest BCUT2D eigenvalue weighted by molar-refractivity contribution is -0.383. The Kier molecular flexibility index (Phi) is 10.8. The van der Waals surface area contributed by atoms with Crippen LogP contribution in [0.15, 0.2) is 40.9 Å². The van der Waals surface area contributed by atoms with Crippen LogP contribution in [0.1, 0.15) is 70.5 Å². The summed E-state index contributed by atoms with van der Waals surface area (Å²) in [5, 5.41) is 15.7. The number of fused-ring (bicyclic) bond motifs is 1. The fourth-order valence-electron chi connectivity index (χ4n) is 6.73. The number of rotatable bonds is 9. The number of carbonyl (C=O) groups excluding carboxylic acids is 3. The topological polar surface area (TPSA) is 179 Å². The lowest BCUT2D eigenvalue weighted by Crippen LogP contribution is -2.58. The van der Waals surface area contributed by atoms with E-state index in [2.05, 4.69) is 19.5 Å². The number of benzene rings is 2. The predicted octanol–water partition coefficient (Wildman–Crippen LogP) is 7.33. The molecule has 4 aromatic rings. The number of nitro benzene ring substituents is 1. The molecule has 2 fully saturated rings. The van der Waals surface area contributed by atoms with Crippen LogP contribution in [0.25, 0.3) is 11.0 Å². The van der Waals surface area contributed by atoms with E-state index in [0.29, 0.717) is 25.3 Å². The fraction of sp³-hybridized carbons (Fsp3) is 0.436. The molecule has 2 aromatic carbocycles. The van der Waals surface area contributed by atoms with Gasteiger partial charge in [0.2, 0.25) is 5.78 Å². The van der Waals surface area contributed by atoms with E-state index in [0.717, 1.165) is 17.7 Å². The van der Waals surface area contributed by atoms with Crippen LogP contribution in [0.3, 0.4) is 0 Å². The zero-order valence-corrected chi connectivity index (χ0v) is 34.4. The second-order valence-electron chi connectivity index (χ2n) is 16.0. The number of anilines is 4. The Hall–Kier alpha value is -5.70. The number of pyridine rings is 1. The van der Waals surface area contributed by atoms with Gasteiger partial charge >= 0.3 is 12.2 Å². The average molecular weight is 809 g/mol. The number of hydrogen-bond acceptors (Lipinski definition) is 13. The quantitative estimate of drug-likeness (QED) is 0.0770. The molecular formula is C39H46FN6O10P. The van der Waals surface area contributed by atoms with Gasteiger partial charge in [0.15, 0.2) is 22.9 Å². The van der Waals surface area contributed by atoms with E-state index in [1.807, 2.05) is 25.7 Å². The molecular weight excluding hydrogens is 762 g/mol. The first kappa shape index (κ1) is 40.9. The minimum absolute atomic E-state index is 0.0549. The van der Waals surface area contributed by atoms with Gasteiger partial charge in [0.25, 0.3) is 5.69 Å². The minimum Gasteiger partial charge on any atom is -0.496 e. The largest absolute Gasteiger partial charge is 0.496 e. The number of ketones is 1. The Labute approximate surface area is 330 Å². The number of furan rings is 1. The third-order valence-electron chi connectivity index (χ3n) is 9.56. The molecule has 2 aromatic heterocycles. The van der Waals surface area contributed by atoms with Crippen molar-refractivity contribution in [3.8, 4) is 11.5 Å². The molecule has 0 radical (unpaired) electrons. The number of halogens is 1. The molecule has 57 heavy (non-hydrogen) atoms. The zero-order valence-electron chi connectivity index (χ0n) is 33.3. The van der Waals surface area contributed by atoms with Crippen molar-refractivity contribution in [2.45, 2.75) is 71.1 Å². The Morgan fingerprint density at radius 1 is 1.02 bits per heavy atom. The smallest absolute Gasteiger partial charge is 0.414 e. The van der Waals surface area contributed by atoms with Gasteiger partial charge in [-0.2, -0.15) is 0 Å².